The van der Waals surface area contributed by atoms with Gasteiger partial charge in [-0.05, 0) is 37.5 Å². The Balaban J connectivity index is 2.72. The van der Waals surface area contributed by atoms with E-state index in [0.29, 0.717) is 0 Å². The third kappa shape index (κ3) is 4.56. The number of aliphatic carboxylic acids is 1. The van der Waals surface area contributed by atoms with Crippen LogP contribution in [0.3, 0.4) is 0 Å². The minimum absolute atomic E-state index is 0.0269. The van der Waals surface area contributed by atoms with Gasteiger partial charge in [0.25, 0.3) is 0 Å². The third-order valence-corrected chi connectivity index (χ3v) is 4.57. The van der Waals surface area contributed by atoms with Crippen LogP contribution in [0.4, 0.5) is 0 Å². The van der Waals surface area contributed by atoms with Crippen LogP contribution in [0.2, 0.25) is 0 Å². The van der Waals surface area contributed by atoms with Crippen LogP contribution in [0.1, 0.15) is 45.7 Å². The molecular weight excluding hydrogens is 334 g/mol. The first-order chi connectivity index (χ1) is 9.66. The number of nitrogens with one attached hydrogen (secondary N) is 1. The number of amides is 1. The number of hydrogen-bond acceptors (Lipinski definition) is 2. The van der Waals surface area contributed by atoms with Crippen molar-refractivity contribution in [3.63, 3.8) is 0 Å². The lowest BCUT2D eigenvalue weighted by atomic mass is 9.76. The summed E-state index contributed by atoms with van der Waals surface area (Å²) in [5.74, 6) is -1.31. The molecule has 0 saturated carbocycles. The Morgan fingerprint density at radius 1 is 1.24 bits per heavy atom. The van der Waals surface area contributed by atoms with Crippen LogP contribution in [0, 0.1) is 11.3 Å². The fourth-order valence-electron chi connectivity index (χ4n) is 1.99. The van der Waals surface area contributed by atoms with E-state index in [-0.39, 0.29) is 24.3 Å². The Morgan fingerprint density at radius 3 is 2.19 bits per heavy atom. The second kappa shape index (κ2) is 7.07. The average Bonchev–Trinajstić information content (AvgIpc) is 2.38. The molecule has 0 aliphatic heterocycles. The monoisotopic (exact) mass is 355 g/mol. The smallest absolute Gasteiger partial charge is 0.310 e. The van der Waals surface area contributed by atoms with Crippen molar-refractivity contribution < 1.29 is 14.7 Å². The van der Waals surface area contributed by atoms with Gasteiger partial charge in [0.1, 0.15) is 0 Å². The Morgan fingerprint density at radius 2 is 1.76 bits per heavy atom. The molecule has 21 heavy (non-hydrogen) atoms. The van der Waals surface area contributed by atoms with Gasteiger partial charge in [-0.25, -0.2) is 0 Å². The van der Waals surface area contributed by atoms with Crippen molar-refractivity contribution in [1.82, 2.24) is 5.32 Å². The summed E-state index contributed by atoms with van der Waals surface area (Å²) < 4.78 is 0.975. The summed E-state index contributed by atoms with van der Waals surface area (Å²) in [5, 5.41) is 12.2. The maximum atomic E-state index is 12.1. The predicted octanol–water partition coefficient (Wildman–Crippen LogP) is 3.76. The van der Waals surface area contributed by atoms with E-state index in [0.717, 1.165) is 10.0 Å². The molecule has 0 bridgehead atoms. The molecule has 0 aliphatic carbocycles. The van der Waals surface area contributed by atoms with Crippen molar-refractivity contribution in [3.8, 4) is 0 Å². The summed E-state index contributed by atoms with van der Waals surface area (Å²) in [6.07, 6.45) is -0.0269. The SMILES string of the molecule is CC(C)C(C)(CC(=O)N[C@H](C)c1ccc(Br)cc1)C(=O)O. The molecule has 5 heteroatoms. The molecule has 1 unspecified atom stereocenters. The summed E-state index contributed by atoms with van der Waals surface area (Å²) >= 11 is 3.36. The second-order valence-electron chi connectivity index (χ2n) is 5.89. The van der Waals surface area contributed by atoms with Gasteiger partial charge in [-0.15, -0.1) is 0 Å². The van der Waals surface area contributed by atoms with Crippen LogP contribution in [0.25, 0.3) is 0 Å². The highest BCUT2D eigenvalue weighted by atomic mass is 79.9. The van der Waals surface area contributed by atoms with Crippen LogP contribution in [-0.4, -0.2) is 17.0 Å². The Kier molecular flexibility index (Phi) is 5.96. The molecule has 0 radical (unpaired) electrons. The largest absolute Gasteiger partial charge is 0.481 e. The normalized spacial score (nSPS) is 15.3. The molecule has 0 heterocycles. The predicted molar refractivity (Wildman–Crippen MR) is 85.9 cm³/mol. The number of hydrogen-bond donors (Lipinski definition) is 2. The van der Waals surface area contributed by atoms with Gasteiger partial charge in [0.2, 0.25) is 5.91 Å². The van der Waals surface area contributed by atoms with Gasteiger partial charge < -0.3 is 10.4 Å². The van der Waals surface area contributed by atoms with Crippen molar-refractivity contribution in [3.05, 3.63) is 34.3 Å². The topological polar surface area (TPSA) is 66.4 Å². The molecule has 0 aliphatic rings. The van der Waals surface area contributed by atoms with Crippen molar-refractivity contribution in [2.45, 2.75) is 40.2 Å². The number of benzene rings is 1. The van der Waals surface area contributed by atoms with Crippen molar-refractivity contribution >= 4 is 27.8 Å². The van der Waals surface area contributed by atoms with E-state index in [2.05, 4.69) is 21.2 Å². The van der Waals surface area contributed by atoms with Crippen molar-refractivity contribution in [1.29, 1.82) is 0 Å². The number of carboxylic acids is 1. The summed E-state index contributed by atoms with van der Waals surface area (Å²) in [4.78, 5) is 23.5. The standard InChI is InChI=1S/C16H22BrNO3/c1-10(2)16(4,15(20)21)9-14(19)18-11(3)12-5-7-13(17)8-6-12/h5-8,10-11H,9H2,1-4H3,(H,18,19)(H,20,21)/t11-,16?/m1/s1. The first-order valence-electron chi connectivity index (χ1n) is 6.95. The minimum Gasteiger partial charge on any atom is -0.481 e. The summed E-state index contributed by atoms with van der Waals surface area (Å²) in [6, 6.07) is 7.51. The van der Waals surface area contributed by atoms with E-state index >= 15 is 0 Å². The maximum Gasteiger partial charge on any atom is 0.310 e. The minimum atomic E-state index is -1.05. The second-order valence-corrected chi connectivity index (χ2v) is 6.81. The zero-order valence-corrected chi connectivity index (χ0v) is 14.4. The van der Waals surface area contributed by atoms with Crippen LogP contribution in [0.5, 0.6) is 0 Å². The van der Waals surface area contributed by atoms with Crippen molar-refractivity contribution in [2.24, 2.45) is 11.3 Å². The molecule has 0 spiro atoms. The summed E-state index contributed by atoms with van der Waals surface area (Å²) in [6.45, 7) is 7.14. The van der Waals surface area contributed by atoms with Gasteiger partial charge in [-0.1, -0.05) is 41.9 Å². The number of carbonyl (C=O) groups excluding carboxylic acids is 1. The van der Waals surface area contributed by atoms with E-state index in [1.807, 2.05) is 45.0 Å². The highest BCUT2D eigenvalue weighted by molar-refractivity contribution is 9.10. The molecule has 1 amide bonds. The molecule has 0 fully saturated rings. The fourth-order valence-corrected chi connectivity index (χ4v) is 2.25. The van der Waals surface area contributed by atoms with Crippen LogP contribution < -0.4 is 5.32 Å². The highest BCUT2D eigenvalue weighted by Crippen LogP contribution is 2.31. The molecule has 0 aromatic heterocycles. The molecule has 0 saturated heterocycles. The maximum absolute atomic E-state index is 12.1. The van der Waals surface area contributed by atoms with Gasteiger partial charge >= 0.3 is 5.97 Å². The molecular formula is C16H22BrNO3. The number of carbonyl (C=O) groups is 2. The summed E-state index contributed by atoms with van der Waals surface area (Å²) in [5.41, 5.74) is -0.0723. The zero-order chi connectivity index (χ0) is 16.2. The van der Waals surface area contributed by atoms with Crippen LogP contribution in [-0.2, 0) is 9.59 Å². The van der Waals surface area contributed by atoms with Gasteiger partial charge in [-0.3, -0.25) is 9.59 Å². The first-order valence-corrected chi connectivity index (χ1v) is 7.74. The van der Waals surface area contributed by atoms with Gasteiger partial charge in [0.05, 0.1) is 11.5 Å². The Labute approximate surface area is 134 Å². The Hall–Kier alpha value is -1.36. The molecule has 1 aromatic carbocycles. The van der Waals surface area contributed by atoms with E-state index in [1.165, 1.54) is 0 Å². The van der Waals surface area contributed by atoms with Crippen molar-refractivity contribution in [2.75, 3.05) is 0 Å². The first kappa shape index (κ1) is 17.7. The number of carboxylic acid groups (broad SMARTS) is 1. The van der Waals surface area contributed by atoms with Gasteiger partial charge in [0, 0.05) is 10.9 Å². The van der Waals surface area contributed by atoms with Gasteiger partial charge in [0.15, 0.2) is 0 Å². The van der Waals surface area contributed by atoms with E-state index in [4.69, 9.17) is 0 Å². The average molecular weight is 356 g/mol. The lowest BCUT2D eigenvalue weighted by molar-refractivity contribution is -0.153. The van der Waals surface area contributed by atoms with E-state index in [9.17, 15) is 14.7 Å². The lowest BCUT2D eigenvalue weighted by Crippen LogP contribution is -2.39. The number of rotatable bonds is 6. The molecule has 2 N–H and O–H groups in total. The molecule has 4 nitrogen and oxygen atoms in total. The zero-order valence-electron chi connectivity index (χ0n) is 12.8. The summed E-state index contributed by atoms with van der Waals surface area (Å²) in [7, 11) is 0. The molecule has 116 valence electrons. The van der Waals surface area contributed by atoms with Crippen LogP contribution in [0.15, 0.2) is 28.7 Å². The third-order valence-electron chi connectivity index (χ3n) is 4.04. The molecule has 2 atom stereocenters. The quantitative estimate of drug-likeness (QED) is 0.816. The Bertz CT molecular complexity index is 513. The highest BCUT2D eigenvalue weighted by Gasteiger charge is 2.38. The van der Waals surface area contributed by atoms with E-state index in [1.54, 1.807) is 6.92 Å². The fraction of sp³-hybridized carbons (Fsp3) is 0.500. The molecule has 1 rings (SSSR count). The lowest BCUT2D eigenvalue weighted by Gasteiger charge is -2.29. The molecule has 1 aromatic rings. The van der Waals surface area contributed by atoms with E-state index < -0.39 is 11.4 Å². The van der Waals surface area contributed by atoms with Crippen LogP contribution >= 0.6 is 15.9 Å². The van der Waals surface area contributed by atoms with Gasteiger partial charge in [-0.2, -0.15) is 0 Å². The number of halogens is 1.